The number of rotatable bonds is 9. The maximum atomic E-state index is 5.94. The predicted molar refractivity (Wildman–Crippen MR) is 121 cm³/mol. The average Bonchev–Trinajstić information content (AvgIpc) is 2.72. The Morgan fingerprint density at radius 1 is 0.964 bits per heavy atom. The summed E-state index contributed by atoms with van der Waals surface area (Å²) in [6.45, 7) is 3.55. The molecule has 0 aliphatic carbocycles. The van der Waals surface area contributed by atoms with Crippen molar-refractivity contribution in [2.24, 2.45) is 0 Å². The molecule has 2 nitrogen and oxygen atoms in total. The van der Waals surface area contributed by atoms with Gasteiger partial charge in [0.1, 0.15) is 12.4 Å². The third kappa shape index (κ3) is 6.10. The molecule has 0 aromatic heterocycles. The molecule has 0 fully saturated rings. The minimum atomic E-state index is 0.366. The zero-order valence-corrected chi connectivity index (χ0v) is 18.3. The number of benzene rings is 3. The Labute approximate surface area is 181 Å². The Bertz CT molecular complexity index is 868. The molecule has 0 radical (unpaired) electrons. The number of halogens is 2. The van der Waals surface area contributed by atoms with Crippen LogP contribution in [0.2, 0.25) is 5.02 Å². The van der Waals surface area contributed by atoms with E-state index in [1.54, 1.807) is 0 Å². The van der Waals surface area contributed by atoms with Gasteiger partial charge in [-0.1, -0.05) is 73.5 Å². The largest absolute Gasteiger partial charge is 0.488 e. The highest BCUT2D eigenvalue weighted by Gasteiger charge is 2.10. The molecule has 0 amide bonds. The highest BCUT2D eigenvalue weighted by atomic mass is 79.9. The van der Waals surface area contributed by atoms with Gasteiger partial charge in [0.15, 0.2) is 0 Å². The van der Waals surface area contributed by atoms with E-state index in [1.807, 2.05) is 30.3 Å². The fourth-order valence-electron chi connectivity index (χ4n) is 3.11. The molecule has 3 aromatic rings. The van der Waals surface area contributed by atoms with E-state index in [2.05, 4.69) is 70.6 Å². The van der Waals surface area contributed by atoms with Crippen molar-refractivity contribution in [3.05, 3.63) is 99.0 Å². The van der Waals surface area contributed by atoms with Gasteiger partial charge in [-0.2, -0.15) is 0 Å². The van der Waals surface area contributed by atoms with Gasteiger partial charge in [-0.05, 0) is 63.3 Å². The van der Waals surface area contributed by atoms with Gasteiger partial charge in [0.25, 0.3) is 0 Å². The van der Waals surface area contributed by atoms with E-state index < -0.39 is 0 Å². The average molecular weight is 459 g/mol. The van der Waals surface area contributed by atoms with E-state index in [9.17, 15) is 0 Å². The lowest BCUT2D eigenvalue weighted by Crippen LogP contribution is -2.20. The number of hydrogen-bond acceptors (Lipinski definition) is 2. The maximum absolute atomic E-state index is 5.94. The second kappa shape index (κ2) is 10.7. The summed E-state index contributed by atoms with van der Waals surface area (Å²) in [5.41, 5.74) is 3.65. The van der Waals surface area contributed by atoms with E-state index in [-0.39, 0.29) is 0 Å². The molecule has 0 bridgehead atoms. The molecule has 0 heterocycles. The van der Waals surface area contributed by atoms with Gasteiger partial charge < -0.3 is 10.1 Å². The Morgan fingerprint density at radius 3 is 2.36 bits per heavy atom. The van der Waals surface area contributed by atoms with Crippen molar-refractivity contribution >= 4 is 27.5 Å². The lowest BCUT2D eigenvalue weighted by Gasteiger charge is -2.19. The normalized spacial score (nSPS) is 12.0. The first-order chi connectivity index (χ1) is 13.7. The lowest BCUT2D eigenvalue weighted by molar-refractivity contribution is 0.304. The predicted octanol–water partition coefficient (Wildman–Crippen LogP) is 7.31. The van der Waals surface area contributed by atoms with Crippen LogP contribution in [0, 0.1) is 0 Å². The van der Waals surface area contributed by atoms with Crippen LogP contribution >= 0.6 is 27.5 Å². The zero-order valence-electron chi connectivity index (χ0n) is 16.0. The van der Waals surface area contributed by atoms with Crippen LogP contribution in [-0.4, -0.2) is 0 Å². The summed E-state index contributed by atoms with van der Waals surface area (Å²) in [6.07, 6.45) is 2.27. The van der Waals surface area contributed by atoms with Crippen molar-refractivity contribution in [3.8, 4) is 5.75 Å². The molecule has 3 aromatic carbocycles. The van der Waals surface area contributed by atoms with Crippen LogP contribution in [0.1, 0.15) is 42.5 Å². The van der Waals surface area contributed by atoms with E-state index in [0.717, 1.165) is 40.2 Å². The van der Waals surface area contributed by atoms with Crippen LogP contribution in [0.15, 0.2) is 77.3 Å². The molecule has 0 saturated carbocycles. The summed E-state index contributed by atoms with van der Waals surface area (Å²) in [7, 11) is 0. The summed E-state index contributed by atoms with van der Waals surface area (Å²) in [6, 6.07) is 25.0. The first kappa shape index (κ1) is 20.9. The zero-order chi connectivity index (χ0) is 19.8. The summed E-state index contributed by atoms with van der Waals surface area (Å²) in [4.78, 5) is 0. The van der Waals surface area contributed by atoms with Crippen molar-refractivity contribution < 1.29 is 4.74 Å². The molecule has 1 atom stereocenters. The molecular formula is C24H25BrClNO. The van der Waals surface area contributed by atoms with Crippen LogP contribution < -0.4 is 10.1 Å². The summed E-state index contributed by atoms with van der Waals surface area (Å²) in [5, 5.41) is 4.42. The van der Waals surface area contributed by atoms with E-state index in [1.165, 1.54) is 11.1 Å². The number of hydrogen-bond donors (Lipinski definition) is 1. The molecule has 0 spiro atoms. The van der Waals surface area contributed by atoms with Crippen molar-refractivity contribution in [3.63, 3.8) is 0 Å². The highest BCUT2D eigenvalue weighted by molar-refractivity contribution is 9.10. The molecule has 3 rings (SSSR count). The van der Waals surface area contributed by atoms with E-state index in [4.69, 9.17) is 16.3 Å². The molecule has 1 unspecified atom stereocenters. The Morgan fingerprint density at radius 2 is 1.68 bits per heavy atom. The summed E-state index contributed by atoms with van der Waals surface area (Å²) in [5.74, 6) is 0.840. The smallest absolute Gasteiger partial charge is 0.134 e. The molecule has 1 N–H and O–H groups in total. The van der Waals surface area contributed by atoms with Crippen molar-refractivity contribution in [1.29, 1.82) is 0 Å². The van der Waals surface area contributed by atoms with Gasteiger partial charge in [0.2, 0.25) is 0 Å². The van der Waals surface area contributed by atoms with Crippen molar-refractivity contribution in [1.82, 2.24) is 5.32 Å². The maximum Gasteiger partial charge on any atom is 0.134 e. The molecule has 4 heteroatoms. The van der Waals surface area contributed by atoms with Crippen LogP contribution in [0.25, 0.3) is 0 Å². The van der Waals surface area contributed by atoms with Crippen LogP contribution in [0.5, 0.6) is 5.75 Å². The number of nitrogens with one attached hydrogen (secondary N) is 1. The summed E-state index contributed by atoms with van der Waals surface area (Å²) >= 11 is 9.57. The Kier molecular flexibility index (Phi) is 7.96. The quantitative estimate of drug-likeness (QED) is 0.363. The molecule has 146 valence electrons. The van der Waals surface area contributed by atoms with Gasteiger partial charge in [-0.15, -0.1) is 0 Å². The Balaban J connectivity index is 1.59. The van der Waals surface area contributed by atoms with Gasteiger partial charge >= 0.3 is 0 Å². The summed E-state index contributed by atoms with van der Waals surface area (Å²) < 4.78 is 6.91. The van der Waals surface area contributed by atoms with Crippen molar-refractivity contribution in [2.45, 2.75) is 39.0 Å². The topological polar surface area (TPSA) is 21.3 Å². The van der Waals surface area contributed by atoms with Crippen LogP contribution in [0.4, 0.5) is 0 Å². The monoisotopic (exact) mass is 457 g/mol. The molecule has 0 saturated heterocycles. The van der Waals surface area contributed by atoms with Gasteiger partial charge in [-0.25, -0.2) is 0 Å². The minimum absolute atomic E-state index is 0.366. The third-order valence-electron chi connectivity index (χ3n) is 4.64. The number of ether oxygens (including phenoxy) is 1. The standard InChI is InChI=1S/C24H25BrClNO/c1-2-6-23(20-7-4-3-5-8-20)27-16-19-11-14-24(22(25)15-19)28-17-18-9-12-21(26)13-10-18/h3-5,7-15,23,27H,2,6,16-17H2,1H3. The minimum Gasteiger partial charge on any atom is -0.488 e. The molecule has 28 heavy (non-hydrogen) atoms. The third-order valence-corrected chi connectivity index (χ3v) is 5.51. The molecule has 0 aliphatic rings. The molecular weight excluding hydrogens is 434 g/mol. The first-order valence-corrected chi connectivity index (χ1v) is 10.8. The van der Waals surface area contributed by atoms with Crippen LogP contribution in [-0.2, 0) is 13.2 Å². The molecule has 0 aliphatic heterocycles. The SMILES string of the molecule is CCCC(NCc1ccc(OCc2ccc(Cl)cc2)c(Br)c1)c1ccccc1. The lowest BCUT2D eigenvalue weighted by atomic mass is 10.0. The fraction of sp³-hybridized carbons (Fsp3) is 0.250. The van der Waals surface area contributed by atoms with Crippen LogP contribution in [0.3, 0.4) is 0 Å². The van der Waals surface area contributed by atoms with Gasteiger partial charge in [0, 0.05) is 17.6 Å². The highest BCUT2D eigenvalue weighted by Crippen LogP contribution is 2.27. The Hall–Kier alpha value is -1.81. The van der Waals surface area contributed by atoms with Crippen molar-refractivity contribution in [2.75, 3.05) is 0 Å². The first-order valence-electron chi connectivity index (χ1n) is 9.59. The second-order valence-corrected chi connectivity index (χ2v) is 8.10. The van der Waals surface area contributed by atoms with E-state index >= 15 is 0 Å². The van der Waals surface area contributed by atoms with Gasteiger partial charge in [-0.3, -0.25) is 0 Å². The van der Waals surface area contributed by atoms with E-state index in [0.29, 0.717) is 12.6 Å². The van der Waals surface area contributed by atoms with Gasteiger partial charge in [0.05, 0.1) is 4.47 Å². The second-order valence-electron chi connectivity index (χ2n) is 6.81. The fourth-order valence-corrected chi connectivity index (χ4v) is 3.78.